The molecule has 14 heavy (non-hydrogen) atoms. The number of allylic oxidation sites excluding steroid dienone is 1. The highest BCUT2D eigenvalue weighted by atomic mass is 32.2. The number of thioether (sulfide) groups is 1. The van der Waals surface area contributed by atoms with E-state index in [0.717, 1.165) is 11.5 Å². The Hall–Kier alpha value is -0.680. The Morgan fingerprint density at radius 2 is 2.21 bits per heavy atom. The molecule has 3 aliphatic rings. The van der Waals surface area contributed by atoms with Gasteiger partial charge in [-0.05, 0) is 42.0 Å². The van der Waals surface area contributed by atoms with Crippen molar-refractivity contribution in [3.8, 4) is 0 Å². The first-order valence-electron chi connectivity index (χ1n) is 4.62. The molecule has 1 aliphatic carbocycles. The van der Waals surface area contributed by atoms with E-state index < -0.39 is 0 Å². The standard InChI is InChI=1S/C9H9N3S2/c10-7-6-4-2-1-3-5(4)14-8(6)12-9(13)11-7/h6H,1-3H2,(H2,10,11,13). The van der Waals surface area contributed by atoms with Crippen molar-refractivity contribution in [3.63, 3.8) is 0 Å². The predicted molar refractivity (Wildman–Crippen MR) is 63.6 cm³/mol. The van der Waals surface area contributed by atoms with Crippen molar-refractivity contribution >= 4 is 40.0 Å². The second-order valence-electron chi connectivity index (χ2n) is 3.61. The minimum atomic E-state index is 0.171. The van der Waals surface area contributed by atoms with Gasteiger partial charge in [-0.3, -0.25) is 0 Å². The van der Waals surface area contributed by atoms with Crippen molar-refractivity contribution in [2.24, 2.45) is 21.6 Å². The monoisotopic (exact) mass is 223 g/mol. The molecule has 0 aromatic rings. The third kappa shape index (κ3) is 1.09. The summed E-state index contributed by atoms with van der Waals surface area (Å²) < 4.78 is 0. The van der Waals surface area contributed by atoms with Crippen molar-refractivity contribution in [3.05, 3.63) is 10.5 Å². The predicted octanol–water partition coefficient (Wildman–Crippen LogP) is 1.84. The van der Waals surface area contributed by atoms with E-state index >= 15 is 0 Å². The van der Waals surface area contributed by atoms with Gasteiger partial charge in [0.1, 0.15) is 5.84 Å². The zero-order valence-electron chi connectivity index (χ0n) is 7.49. The van der Waals surface area contributed by atoms with Crippen LogP contribution < -0.4 is 5.73 Å². The van der Waals surface area contributed by atoms with Crippen molar-refractivity contribution in [1.29, 1.82) is 0 Å². The maximum atomic E-state index is 5.90. The molecule has 0 aromatic heterocycles. The van der Waals surface area contributed by atoms with E-state index in [-0.39, 0.29) is 5.92 Å². The van der Waals surface area contributed by atoms with Gasteiger partial charge in [-0.25, -0.2) is 9.98 Å². The van der Waals surface area contributed by atoms with Crippen LogP contribution in [0.1, 0.15) is 19.3 Å². The number of aliphatic imine (C=N–C) groups is 2. The fourth-order valence-corrected chi connectivity index (χ4v) is 3.81. The lowest BCUT2D eigenvalue weighted by Gasteiger charge is -2.17. The van der Waals surface area contributed by atoms with Crippen molar-refractivity contribution < 1.29 is 0 Å². The Bertz CT molecular complexity index is 420. The van der Waals surface area contributed by atoms with Crippen LogP contribution in [0.2, 0.25) is 0 Å². The van der Waals surface area contributed by atoms with E-state index in [1.165, 1.54) is 23.3 Å². The molecule has 72 valence electrons. The van der Waals surface area contributed by atoms with Gasteiger partial charge in [0.25, 0.3) is 0 Å². The van der Waals surface area contributed by atoms with Gasteiger partial charge < -0.3 is 5.73 Å². The fraction of sp³-hybridized carbons (Fsp3) is 0.444. The molecule has 0 amide bonds. The van der Waals surface area contributed by atoms with E-state index in [9.17, 15) is 0 Å². The Kier molecular flexibility index (Phi) is 1.79. The summed E-state index contributed by atoms with van der Waals surface area (Å²) in [5.74, 6) is 0.809. The van der Waals surface area contributed by atoms with Crippen LogP contribution >= 0.6 is 24.0 Å². The minimum Gasteiger partial charge on any atom is -0.386 e. The van der Waals surface area contributed by atoms with Gasteiger partial charge in [-0.2, -0.15) is 0 Å². The molecule has 2 N–H and O–H groups in total. The lowest BCUT2D eigenvalue weighted by Crippen LogP contribution is -2.32. The van der Waals surface area contributed by atoms with Crippen molar-refractivity contribution in [1.82, 2.24) is 0 Å². The van der Waals surface area contributed by atoms with Gasteiger partial charge in [0.15, 0.2) is 0 Å². The first-order valence-corrected chi connectivity index (χ1v) is 5.84. The number of thiocarbonyl (C=S) groups is 1. The zero-order chi connectivity index (χ0) is 9.71. The summed E-state index contributed by atoms with van der Waals surface area (Å²) in [7, 11) is 0. The molecule has 0 spiro atoms. The summed E-state index contributed by atoms with van der Waals surface area (Å²) in [6.45, 7) is 0. The molecule has 1 atom stereocenters. The first-order chi connectivity index (χ1) is 6.75. The van der Waals surface area contributed by atoms with Crippen LogP contribution in [0.25, 0.3) is 0 Å². The molecule has 5 heteroatoms. The summed E-state index contributed by atoms with van der Waals surface area (Å²) in [5, 5.41) is 1.43. The summed E-state index contributed by atoms with van der Waals surface area (Å²) in [6, 6.07) is 0. The number of hydrogen-bond acceptors (Lipinski definition) is 3. The number of rotatable bonds is 0. The van der Waals surface area contributed by atoms with Crippen LogP contribution in [0.3, 0.4) is 0 Å². The van der Waals surface area contributed by atoms with Crippen LogP contribution in [0.5, 0.6) is 0 Å². The minimum absolute atomic E-state index is 0.171. The summed E-state index contributed by atoms with van der Waals surface area (Å²) in [6.07, 6.45) is 3.57. The second-order valence-corrected chi connectivity index (χ2v) is 5.09. The number of fused-ring (bicyclic) bond motifs is 2. The quantitative estimate of drug-likeness (QED) is 0.637. The molecule has 1 unspecified atom stereocenters. The van der Waals surface area contributed by atoms with Gasteiger partial charge >= 0.3 is 0 Å². The van der Waals surface area contributed by atoms with E-state index in [0.29, 0.717) is 10.9 Å². The zero-order valence-corrected chi connectivity index (χ0v) is 9.12. The van der Waals surface area contributed by atoms with Crippen LogP contribution in [0.4, 0.5) is 0 Å². The average Bonchev–Trinajstić information content (AvgIpc) is 2.60. The summed E-state index contributed by atoms with van der Waals surface area (Å²) in [4.78, 5) is 9.81. The van der Waals surface area contributed by atoms with Gasteiger partial charge in [0.2, 0.25) is 5.11 Å². The molecule has 0 radical (unpaired) electrons. The van der Waals surface area contributed by atoms with E-state index in [1.54, 1.807) is 11.8 Å². The molecule has 0 bridgehead atoms. The van der Waals surface area contributed by atoms with Crippen molar-refractivity contribution in [2.45, 2.75) is 19.3 Å². The molecule has 2 heterocycles. The number of amidine groups is 1. The van der Waals surface area contributed by atoms with Crippen LogP contribution in [-0.4, -0.2) is 16.0 Å². The van der Waals surface area contributed by atoms with Crippen LogP contribution in [0.15, 0.2) is 20.5 Å². The van der Waals surface area contributed by atoms with Crippen molar-refractivity contribution in [2.75, 3.05) is 0 Å². The lowest BCUT2D eigenvalue weighted by molar-refractivity contribution is 0.869. The second kappa shape index (κ2) is 2.90. The first kappa shape index (κ1) is 8.61. The maximum absolute atomic E-state index is 5.90. The third-order valence-electron chi connectivity index (χ3n) is 2.76. The fourth-order valence-electron chi connectivity index (χ4n) is 2.18. The number of hydrogen-bond donors (Lipinski definition) is 1. The largest absolute Gasteiger partial charge is 0.386 e. The highest BCUT2D eigenvalue weighted by Gasteiger charge is 2.38. The molecule has 0 saturated carbocycles. The third-order valence-corrected chi connectivity index (χ3v) is 4.19. The molecule has 2 aliphatic heterocycles. The van der Waals surface area contributed by atoms with Gasteiger partial charge in [-0.15, -0.1) is 0 Å². The Morgan fingerprint density at radius 3 is 3.07 bits per heavy atom. The Balaban J connectivity index is 2.06. The normalized spacial score (nSPS) is 30.0. The highest BCUT2D eigenvalue weighted by molar-refractivity contribution is 8.17. The lowest BCUT2D eigenvalue weighted by atomic mass is 9.98. The topological polar surface area (TPSA) is 50.7 Å². The molecular formula is C9H9N3S2. The maximum Gasteiger partial charge on any atom is 0.221 e. The molecule has 0 aromatic carbocycles. The smallest absolute Gasteiger partial charge is 0.221 e. The molecule has 3 nitrogen and oxygen atoms in total. The van der Waals surface area contributed by atoms with Gasteiger partial charge in [0, 0.05) is 0 Å². The summed E-state index contributed by atoms with van der Waals surface area (Å²) >= 11 is 6.71. The van der Waals surface area contributed by atoms with E-state index in [1.807, 2.05) is 0 Å². The summed E-state index contributed by atoms with van der Waals surface area (Å²) in [5.41, 5.74) is 7.34. The van der Waals surface area contributed by atoms with E-state index in [2.05, 4.69) is 9.98 Å². The average molecular weight is 223 g/mol. The molecule has 3 rings (SSSR count). The van der Waals surface area contributed by atoms with E-state index in [4.69, 9.17) is 18.0 Å². The van der Waals surface area contributed by atoms with Crippen LogP contribution in [0, 0.1) is 5.92 Å². The Labute approximate surface area is 91.6 Å². The van der Waals surface area contributed by atoms with Gasteiger partial charge in [0.05, 0.1) is 11.0 Å². The van der Waals surface area contributed by atoms with Gasteiger partial charge in [-0.1, -0.05) is 11.8 Å². The molecule has 0 fully saturated rings. The van der Waals surface area contributed by atoms with Crippen LogP contribution in [-0.2, 0) is 0 Å². The number of nitrogens with two attached hydrogens (primary N) is 1. The molecule has 0 saturated heterocycles. The Morgan fingerprint density at radius 1 is 1.36 bits per heavy atom. The highest BCUT2D eigenvalue weighted by Crippen LogP contribution is 2.48. The number of nitrogens with zero attached hydrogens (tertiary/aromatic N) is 2. The SMILES string of the molecule is NC1=NC(=S)N=C2SC3=C(CCC3)C12. The molecular weight excluding hydrogens is 214 g/mol.